The van der Waals surface area contributed by atoms with Crippen LogP contribution >= 0.6 is 0 Å². The van der Waals surface area contributed by atoms with Crippen LogP contribution in [0.3, 0.4) is 0 Å². The van der Waals surface area contributed by atoms with Crippen LogP contribution in [0.25, 0.3) is 40.5 Å². The molecule has 1 aliphatic carbocycles. The molecule has 0 amide bonds. The lowest BCUT2D eigenvalue weighted by Crippen LogP contribution is -2.22. The van der Waals surface area contributed by atoms with Crippen LogP contribution in [0.2, 0.25) is 0 Å². The van der Waals surface area contributed by atoms with Crippen LogP contribution in [0.4, 0.5) is 0 Å². The number of benzene rings is 3. The van der Waals surface area contributed by atoms with Gasteiger partial charge in [0.15, 0.2) is 0 Å². The summed E-state index contributed by atoms with van der Waals surface area (Å²) in [6.07, 6.45) is 12.0. The van der Waals surface area contributed by atoms with Crippen LogP contribution in [0, 0.1) is 12.3 Å². The molecule has 7 rings (SSSR count). The van der Waals surface area contributed by atoms with Gasteiger partial charge in [0.2, 0.25) is 0 Å². The van der Waals surface area contributed by atoms with Crippen molar-refractivity contribution in [3.05, 3.63) is 184 Å². The first-order chi connectivity index (χ1) is 22.6. The summed E-state index contributed by atoms with van der Waals surface area (Å²) in [6, 6.07) is 37.0. The van der Waals surface area contributed by atoms with Gasteiger partial charge in [-0.15, -0.1) is 0 Å². The molecular formula is C42H34N4. The molecule has 1 aliphatic heterocycles. The van der Waals surface area contributed by atoms with Gasteiger partial charge in [-0.2, -0.15) is 0 Å². The number of allylic oxidation sites excluding steroid dienone is 5. The average Bonchev–Trinajstić information content (AvgIpc) is 3.12. The molecule has 4 heteroatoms. The zero-order chi connectivity index (χ0) is 31.5. The van der Waals surface area contributed by atoms with E-state index in [0.29, 0.717) is 5.71 Å². The van der Waals surface area contributed by atoms with Gasteiger partial charge < -0.3 is 5.32 Å². The number of hydrogen-bond donors (Lipinski definition) is 2. The molecule has 0 unspecified atom stereocenters. The maximum atomic E-state index is 9.65. The van der Waals surface area contributed by atoms with Crippen molar-refractivity contribution < 1.29 is 0 Å². The van der Waals surface area contributed by atoms with E-state index >= 15 is 0 Å². The highest BCUT2D eigenvalue weighted by atomic mass is 14.9. The van der Waals surface area contributed by atoms with Crippen molar-refractivity contribution in [1.29, 1.82) is 5.41 Å². The molecule has 0 atom stereocenters. The third-order valence-electron chi connectivity index (χ3n) is 8.54. The number of nitrogens with zero attached hydrogens (tertiary/aromatic N) is 2. The van der Waals surface area contributed by atoms with Gasteiger partial charge in [-0.3, -0.25) is 10.4 Å². The van der Waals surface area contributed by atoms with Crippen molar-refractivity contribution in [3.8, 4) is 11.4 Å². The number of hydrogen-bond acceptors (Lipinski definition) is 4. The first kappa shape index (κ1) is 28.9. The monoisotopic (exact) mass is 594 g/mol. The summed E-state index contributed by atoms with van der Waals surface area (Å²) in [6.45, 7) is 6.09. The lowest BCUT2D eigenvalue weighted by Gasteiger charge is -2.28. The number of rotatable bonds is 7. The summed E-state index contributed by atoms with van der Waals surface area (Å²) in [5, 5.41) is 13.4. The minimum absolute atomic E-state index is 0.486. The summed E-state index contributed by atoms with van der Waals surface area (Å²) in [5.41, 5.74) is 14.2. The molecule has 0 saturated heterocycles. The fourth-order valence-corrected chi connectivity index (χ4v) is 6.21. The van der Waals surface area contributed by atoms with E-state index in [0.717, 1.165) is 91.4 Å². The molecule has 0 saturated carbocycles. The Kier molecular flexibility index (Phi) is 7.92. The molecule has 0 fully saturated rings. The molecule has 2 N–H and O–H groups in total. The third-order valence-corrected chi connectivity index (χ3v) is 8.54. The minimum atomic E-state index is 0.486. The molecule has 0 radical (unpaired) electrons. The summed E-state index contributed by atoms with van der Waals surface area (Å²) >= 11 is 0. The van der Waals surface area contributed by atoms with Gasteiger partial charge in [-0.05, 0) is 71.9 Å². The van der Waals surface area contributed by atoms with Crippen molar-refractivity contribution in [3.63, 3.8) is 0 Å². The molecule has 0 bridgehead atoms. The second-order valence-corrected chi connectivity index (χ2v) is 11.5. The molecule has 222 valence electrons. The van der Waals surface area contributed by atoms with Crippen LogP contribution < -0.4 is 5.32 Å². The van der Waals surface area contributed by atoms with E-state index in [9.17, 15) is 5.41 Å². The summed E-state index contributed by atoms with van der Waals surface area (Å²) in [5.74, 6) is 0. The summed E-state index contributed by atoms with van der Waals surface area (Å²) < 4.78 is 0. The van der Waals surface area contributed by atoms with Gasteiger partial charge >= 0.3 is 0 Å². The second-order valence-electron chi connectivity index (χ2n) is 11.5. The van der Waals surface area contributed by atoms with Gasteiger partial charge in [-0.1, -0.05) is 116 Å². The van der Waals surface area contributed by atoms with E-state index in [2.05, 4.69) is 109 Å². The Morgan fingerprint density at radius 2 is 1.59 bits per heavy atom. The number of pyridine rings is 2. The van der Waals surface area contributed by atoms with Gasteiger partial charge in [0.05, 0.1) is 28.5 Å². The molecule has 3 heterocycles. The number of aromatic nitrogens is 2. The molecule has 4 nitrogen and oxygen atoms in total. The fourth-order valence-electron chi connectivity index (χ4n) is 6.21. The Labute approximate surface area is 270 Å². The molecule has 3 aromatic carbocycles. The van der Waals surface area contributed by atoms with Gasteiger partial charge in [-0.25, -0.2) is 4.98 Å². The van der Waals surface area contributed by atoms with Crippen LogP contribution in [0.5, 0.6) is 0 Å². The SMILES string of the molecule is C=Cc1ccc(C2=CCCC(/C(C(=N)c3ccccc3)=C3/NC(c4ccccc4)=Cc4ccccc43)=C2)nc1-c1ncccc1C. The van der Waals surface area contributed by atoms with Gasteiger partial charge in [0, 0.05) is 34.2 Å². The van der Waals surface area contributed by atoms with Gasteiger partial charge in [0.1, 0.15) is 0 Å². The standard InChI is InChI=1S/C42H34N4/c1-3-29-23-24-36(45-41(29)40-28(2)14-13-25-44-40)33-20-12-21-34(26-33)38(39(43)31-17-8-5-9-18-31)42-35-22-11-10-19-32(35)27-37(46-42)30-15-6-4-7-16-30/h3-11,13-20,22-27,43,46H,1,12,21H2,2H3/b42-38-,43-39?. The first-order valence-electron chi connectivity index (χ1n) is 15.6. The lowest BCUT2D eigenvalue weighted by molar-refractivity contribution is 0.979. The maximum Gasteiger partial charge on any atom is 0.0968 e. The topological polar surface area (TPSA) is 61.7 Å². The van der Waals surface area contributed by atoms with Crippen molar-refractivity contribution in [1.82, 2.24) is 15.3 Å². The molecule has 5 aromatic rings. The minimum Gasteiger partial charge on any atom is -0.354 e. The van der Waals surface area contributed by atoms with Crippen LogP contribution in [-0.4, -0.2) is 15.7 Å². The largest absolute Gasteiger partial charge is 0.354 e. The highest BCUT2D eigenvalue weighted by Gasteiger charge is 2.26. The lowest BCUT2D eigenvalue weighted by atomic mass is 9.83. The predicted molar refractivity (Wildman–Crippen MR) is 192 cm³/mol. The smallest absolute Gasteiger partial charge is 0.0968 e. The zero-order valence-electron chi connectivity index (χ0n) is 25.8. The van der Waals surface area contributed by atoms with E-state index in [4.69, 9.17) is 4.98 Å². The van der Waals surface area contributed by atoms with E-state index < -0.39 is 0 Å². The van der Waals surface area contributed by atoms with Crippen molar-refractivity contribution in [2.75, 3.05) is 0 Å². The summed E-state index contributed by atoms with van der Waals surface area (Å²) in [4.78, 5) is 9.82. The van der Waals surface area contributed by atoms with E-state index in [1.807, 2.05) is 54.7 Å². The van der Waals surface area contributed by atoms with Crippen molar-refractivity contribution in [2.45, 2.75) is 19.8 Å². The van der Waals surface area contributed by atoms with E-state index in [1.54, 1.807) is 0 Å². The zero-order valence-corrected chi connectivity index (χ0v) is 25.8. The van der Waals surface area contributed by atoms with E-state index in [-0.39, 0.29) is 0 Å². The normalized spacial score (nSPS) is 15.0. The Bertz CT molecular complexity index is 2100. The second kappa shape index (κ2) is 12.6. The van der Waals surface area contributed by atoms with Crippen LogP contribution in [0.15, 0.2) is 145 Å². The molecule has 46 heavy (non-hydrogen) atoms. The molecule has 2 aromatic heterocycles. The van der Waals surface area contributed by atoms with E-state index in [1.165, 1.54) is 0 Å². The average molecular weight is 595 g/mol. The fraction of sp³-hybridized carbons (Fsp3) is 0.0714. The number of nitrogens with one attached hydrogen (secondary N) is 2. The number of fused-ring (bicyclic) bond motifs is 1. The Hall–Kier alpha value is -5.87. The third kappa shape index (κ3) is 5.57. The molecule has 2 aliphatic rings. The van der Waals surface area contributed by atoms with Crippen LogP contribution in [-0.2, 0) is 0 Å². The van der Waals surface area contributed by atoms with Crippen molar-refractivity contribution >= 4 is 34.8 Å². The molecular weight excluding hydrogens is 560 g/mol. The highest BCUT2D eigenvalue weighted by Crippen LogP contribution is 2.38. The summed E-state index contributed by atoms with van der Waals surface area (Å²) in [7, 11) is 0. The number of aryl methyl sites for hydroxylation is 1. The highest BCUT2D eigenvalue weighted by molar-refractivity contribution is 6.19. The van der Waals surface area contributed by atoms with Crippen molar-refractivity contribution in [2.24, 2.45) is 0 Å². The molecule has 0 spiro atoms. The maximum absolute atomic E-state index is 9.65. The van der Waals surface area contributed by atoms with Crippen LogP contribution in [0.1, 0.15) is 51.9 Å². The Balaban J connectivity index is 1.40. The van der Waals surface area contributed by atoms with Gasteiger partial charge in [0.25, 0.3) is 0 Å². The Morgan fingerprint density at radius 1 is 0.826 bits per heavy atom. The Morgan fingerprint density at radius 3 is 2.37 bits per heavy atom. The predicted octanol–water partition coefficient (Wildman–Crippen LogP) is 9.78. The quantitative estimate of drug-likeness (QED) is 0.184. The first-order valence-corrected chi connectivity index (χ1v) is 15.6.